The summed E-state index contributed by atoms with van der Waals surface area (Å²) in [4.78, 5) is 0.266. The van der Waals surface area contributed by atoms with Gasteiger partial charge in [0.15, 0.2) is 0 Å². The number of sulfonamides is 1. The third-order valence-corrected chi connectivity index (χ3v) is 5.13. The predicted octanol–water partition coefficient (Wildman–Crippen LogP) is 2.87. The van der Waals surface area contributed by atoms with Crippen molar-refractivity contribution in [1.29, 1.82) is 0 Å². The molecule has 110 valence electrons. The van der Waals surface area contributed by atoms with Crippen LogP contribution >= 0.6 is 34.8 Å². The van der Waals surface area contributed by atoms with E-state index < -0.39 is 15.8 Å². The molecule has 2 aromatic carbocycles. The first-order valence-corrected chi connectivity index (χ1v) is 8.64. The zero-order valence-electron chi connectivity index (χ0n) is 10.5. The molecule has 0 fully saturated rings. The lowest BCUT2D eigenvalue weighted by Crippen LogP contribution is -2.15. The van der Waals surface area contributed by atoms with Crippen LogP contribution < -0.4 is 10.5 Å². The van der Waals surface area contributed by atoms with E-state index in [1.54, 1.807) is 0 Å². The Labute approximate surface area is 140 Å². The van der Waals surface area contributed by atoms with E-state index in [4.69, 9.17) is 18.0 Å². The number of nitrogens with two attached hydrogens (primary N) is 1. The van der Waals surface area contributed by atoms with E-state index in [1.807, 2.05) is 22.6 Å². The van der Waals surface area contributed by atoms with Gasteiger partial charge < -0.3 is 5.73 Å². The summed E-state index contributed by atoms with van der Waals surface area (Å²) in [5, 5.41) is 0. The second-order valence-corrected chi connectivity index (χ2v) is 7.40. The van der Waals surface area contributed by atoms with Crippen LogP contribution in [0.5, 0.6) is 0 Å². The van der Waals surface area contributed by atoms with Gasteiger partial charge in [0.05, 0.1) is 10.6 Å². The van der Waals surface area contributed by atoms with Crippen molar-refractivity contribution in [2.24, 2.45) is 5.73 Å². The maximum Gasteiger partial charge on any atom is 0.261 e. The fourth-order valence-electron chi connectivity index (χ4n) is 1.57. The summed E-state index contributed by atoms with van der Waals surface area (Å²) >= 11 is 6.67. The van der Waals surface area contributed by atoms with Crippen molar-refractivity contribution in [3.63, 3.8) is 0 Å². The number of benzene rings is 2. The number of nitrogens with one attached hydrogen (secondary N) is 1. The van der Waals surface area contributed by atoms with Gasteiger partial charge in [-0.3, -0.25) is 4.72 Å². The fourth-order valence-corrected chi connectivity index (χ4v) is 3.59. The first-order chi connectivity index (χ1) is 9.79. The molecule has 0 unspecified atom stereocenters. The van der Waals surface area contributed by atoms with Crippen molar-refractivity contribution in [3.05, 3.63) is 57.4 Å². The van der Waals surface area contributed by atoms with Crippen LogP contribution in [-0.4, -0.2) is 13.4 Å². The molecule has 0 aliphatic rings. The molecule has 0 aromatic heterocycles. The van der Waals surface area contributed by atoms with E-state index in [0.717, 1.165) is 0 Å². The average molecular weight is 436 g/mol. The van der Waals surface area contributed by atoms with Gasteiger partial charge in [-0.2, -0.15) is 0 Å². The number of hydrogen-bond acceptors (Lipinski definition) is 3. The van der Waals surface area contributed by atoms with E-state index >= 15 is 0 Å². The third-order valence-electron chi connectivity index (χ3n) is 2.62. The Balaban J connectivity index is 2.31. The molecule has 4 nitrogen and oxygen atoms in total. The molecule has 0 amide bonds. The quantitative estimate of drug-likeness (QED) is 0.571. The molecular weight excluding hydrogens is 426 g/mol. The van der Waals surface area contributed by atoms with Crippen LogP contribution in [0.25, 0.3) is 0 Å². The van der Waals surface area contributed by atoms with E-state index in [-0.39, 0.29) is 9.88 Å². The van der Waals surface area contributed by atoms with Crippen LogP contribution in [-0.2, 0) is 10.0 Å². The SMILES string of the molecule is NC(=S)c1ccc(S(=O)(=O)Nc2ccc(F)cc2I)cc1. The van der Waals surface area contributed by atoms with Crippen LogP contribution in [0, 0.1) is 9.39 Å². The van der Waals surface area contributed by atoms with E-state index in [2.05, 4.69) is 4.72 Å². The predicted molar refractivity (Wildman–Crippen MR) is 92.3 cm³/mol. The standard InChI is InChI=1S/C13H10FIN2O2S2/c14-9-3-6-12(11(15)7-9)17-21(18,19)10-4-1-8(2-5-10)13(16)20/h1-7,17H,(H2,16,20). The van der Waals surface area contributed by atoms with E-state index in [0.29, 0.717) is 14.8 Å². The molecule has 0 heterocycles. The number of anilines is 1. The van der Waals surface area contributed by atoms with Gasteiger partial charge in [-0.05, 0) is 52.9 Å². The highest BCUT2D eigenvalue weighted by atomic mass is 127. The van der Waals surface area contributed by atoms with Crippen molar-refractivity contribution in [3.8, 4) is 0 Å². The highest BCUT2D eigenvalue weighted by Gasteiger charge is 2.16. The normalized spacial score (nSPS) is 11.1. The summed E-state index contributed by atoms with van der Waals surface area (Å²) in [6.45, 7) is 0. The topological polar surface area (TPSA) is 72.2 Å². The average Bonchev–Trinajstić information content (AvgIpc) is 2.42. The van der Waals surface area contributed by atoms with Crippen LogP contribution in [0.4, 0.5) is 10.1 Å². The van der Waals surface area contributed by atoms with Crippen molar-refractivity contribution in [2.45, 2.75) is 4.90 Å². The molecule has 0 aliphatic carbocycles. The summed E-state index contributed by atoms with van der Waals surface area (Å²) in [5.41, 5.74) is 6.36. The van der Waals surface area contributed by atoms with Gasteiger partial charge in [0.1, 0.15) is 10.8 Å². The molecule has 2 aromatic rings. The van der Waals surface area contributed by atoms with Crippen LogP contribution in [0.1, 0.15) is 5.56 Å². The Kier molecular flexibility index (Phi) is 4.79. The van der Waals surface area contributed by atoms with Crippen LogP contribution in [0.3, 0.4) is 0 Å². The molecule has 0 radical (unpaired) electrons. The lowest BCUT2D eigenvalue weighted by atomic mass is 10.2. The minimum atomic E-state index is -3.75. The maximum atomic E-state index is 13.0. The first kappa shape index (κ1) is 16.1. The smallest absolute Gasteiger partial charge is 0.261 e. The Morgan fingerprint density at radius 2 is 1.81 bits per heavy atom. The Morgan fingerprint density at radius 1 is 1.19 bits per heavy atom. The molecular formula is C13H10FIN2O2S2. The molecule has 0 bridgehead atoms. The van der Waals surface area contributed by atoms with Crippen LogP contribution in [0.15, 0.2) is 47.4 Å². The van der Waals surface area contributed by atoms with Gasteiger partial charge in [-0.25, -0.2) is 12.8 Å². The zero-order chi connectivity index (χ0) is 15.6. The van der Waals surface area contributed by atoms with Gasteiger partial charge in [-0.15, -0.1) is 0 Å². The summed E-state index contributed by atoms with van der Waals surface area (Å²) in [6.07, 6.45) is 0. The van der Waals surface area contributed by atoms with Crippen molar-refractivity contribution >= 4 is 55.5 Å². The fraction of sp³-hybridized carbons (Fsp3) is 0. The third kappa shape index (κ3) is 3.89. The molecule has 2 rings (SSSR count). The van der Waals surface area contributed by atoms with E-state index in [1.165, 1.54) is 42.5 Å². The molecule has 8 heteroatoms. The number of hydrogen-bond donors (Lipinski definition) is 2. The Bertz CT molecular complexity index is 792. The minimum Gasteiger partial charge on any atom is -0.389 e. The van der Waals surface area contributed by atoms with Crippen molar-refractivity contribution in [1.82, 2.24) is 0 Å². The molecule has 0 aliphatic heterocycles. The summed E-state index contributed by atoms with van der Waals surface area (Å²) in [7, 11) is -3.75. The van der Waals surface area contributed by atoms with Gasteiger partial charge in [0.25, 0.3) is 10.0 Å². The monoisotopic (exact) mass is 436 g/mol. The number of rotatable bonds is 4. The Hall–Kier alpha value is -1.26. The lowest BCUT2D eigenvalue weighted by molar-refractivity contribution is 0.601. The first-order valence-electron chi connectivity index (χ1n) is 5.67. The van der Waals surface area contributed by atoms with Crippen LogP contribution in [0.2, 0.25) is 0 Å². The summed E-state index contributed by atoms with van der Waals surface area (Å²) in [6, 6.07) is 9.70. The van der Waals surface area contributed by atoms with Gasteiger partial charge in [-0.1, -0.05) is 24.4 Å². The summed E-state index contributed by atoms with van der Waals surface area (Å²) < 4.78 is 40.4. The van der Waals surface area contributed by atoms with Crippen molar-refractivity contribution < 1.29 is 12.8 Å². The molecule has 3 N–H and O–H groups in total. The van der Waals surface area contributed by atoms with Gasteiger partial charge >= 0.3 is 0 Å². The molecule has 0 spiro atoms. The number of halogens is 2. The maximum absolute atomic E-state index is 13.0. The highest BCUT2D eigenvalue weighted by Crippen LogP contribution is 2.22. The number of thiocarbonyl (C=S) groups is 1. The lowest BCUT2D eigenvalue weighted by Gasteiger charge is -2.10. The molecule has 0 atom stereocenters. The zero-order valence-corrected chi connectivity index (χ0v) is 14.3. The van der Waals surface area contributed by atoms with Gasteiger partial charge in [0, 0.05) is 9.13 Å². The minimum absolute atomic E-state index is 0.0719. The van der Waals surface area contributed by atoms with Gasteiger partial charge in [0.2, 0.25) is 0 Å². The van der Waals surface area contributed by atoms with E-state index in [9.17, 15) is 12.8 Å². The molecule has 0 saturated carbocycles. The largest absolute Gasteiger partial charge is 0.389 e. The Morgan fingerprint density at radius 3 is 2.33 bits per heavy atom. The summed E-state index contributed by atoms with van der Waals surface area (Å²) in [5.74, 6) is -0.428. The molecule has 21 heavy (non-hydrogen) atoms. The molecule has 0 saturated heterocycles. The second-order valence-electron chi connectivity index (χ2n) is 4.12. The highest BCUT2D eigenvalue weighted by molar-refractivity contribution is 14.1. The van der Waals surface area contributed by atoms with Crippen molar-refractivity contribution in [2.75, 3.05) is 4.72 Å². The second kappa shape index (κ2) is 6.24.